The highest BCUT2D eigenvalue weighted by atomic mass is 127. The molecule has 0 amide bonds. The number of imidazole rings is 1. The minimum Gasteiger partial charge on any atom is -0.357 e. The molecule has 2 N–H and O–H groups in total. The van der Waals surface area contributed by atoms with Crippen LogP contribution in [0.4, 0.5) is 0 Å². The van der Waals surface area contributed by atoms with Crippen molar-refractivity contribution in [2.24, 2.45) is 4.99 Å². The molecule has 0 spiro atoms. The first kappa shape index (κ1) is 22.6. The maximum Gasteiger partial charge on any atom is 0.194 e. The quantitative estimate of drug-likeness (QED) is 0.298. The Morgan fingerprint density at radius 1 is 1.03 bits per heavy atom. The van der Waals surface area contributed by atoms with E-state index >= 15 is 0 Å². The maximum absolute atomic E-state index is 4.86. The lowest BCUT2D eigenvalue weighted by Crippen LogP contribution is -2.52. The number of halogens is 1. The van der Waals surface area contributed by atoms with E-state index in [0.717, 1.165) is 75.1 Å². The van der Waals surface area contributed by atoms with Crippen molar-refractivity contribution < 1.29 is 0 Å². The van der Waals surface area contributed by atoms with E-state index in [-0.39, 0.29) is 24.0 Å². The van der Waals surface area contributed by atoms with Gasteiger partial charge in [-0.15, -0.1) is 24.0 Å². The van der Waals surface area contributed by atoms with Crippen molar-refractivity contribution in [1.82, 2.24) is 25.1 Å². The van der Waals surface area contributed by atoms with E-state index in [9.17, 15) is 0 Å². The molecule has 1 aliphatic heterocycles. The minimum atomic E-state index is 0. The van der Waals surface area contributed by atoms with Crippen LogP contribution in [-0.2, 0) is 13.0 Å². The van der Waals surface area contributed by atoms with Crippen LogP contribution < -0.4 is 5.32 Å². The largest absolute Gasteiger partial charge is 0.357 e. The van der Waals surface area contributed by atoms with Crippen LogP contribution >= 0.6 is 24.0 Å². The number of piperazine rings is 1. The summed E-state index contributed by atoms with van der Waals surface area (Å²) in [7, 11) is 0. The summed E-state index contributed by atoms with van der Waals surface area (Å²) in [5.74, 6) is 2.02. The van der Waals surface area contributed by atoms with Crippen LogP contribution in [0.1, 0.15) is 18.3 Å². The van der Waals surface area contributed by atoms with Gasteiger partial charge < -0.3 is 15.2 Å². The van der Waals surface area contributed by atoms with Crippen molar-refractivity contribution >= 4 is 41.0 Å². The number of fused-ring (bicyclic) bond motifs is 1. The van der Waals surface area contributed by atoms with Gasteiger partial charge in [-0.3, -0.25) is 9.89 Å². The predicted octanol–water partition coefficient (Wildman–Crippen LogP) is 3.51. The van der Waals surface area contributed by atoms with Gasteiger partial charge in [0.05, 0.1) is 11.0 Å². The fraction of sp³-hybridized carbons (Fsp3) is 0.391. The van der Waals surface area contributed by atoms with Gasteiger partial charge in [-0.2, -0.15) is 0 Å². The second-order valence-corrected chi connectivity index (χ2v) is 7.44. The molecule has 0 bridgehead atoms. The highest BCUT2D eigenvalue weighted by Gasteiger charge is 2.19. The summed E-state index contributed by atoms with van der Waals surface area (Å²) in [6.45, 7) is 8.88. The SMILES string of the molecule is CCNC(=NCCc1nc2ccccc2[nH]1)N1CCN(Cc2ccccc2)CC1.I. The first-order chi connectivity index (χ1) is 14.3. The normalized spacial score (nSPS) is 15.2. The molecule has 7 heteroatoms. The molecule has 2 heterocycles. The Kier molecular flexibility index (Phi) is 8.50. The van der Waals surface area contributed by atoms with E-state index in [1.165, 1.54) is 5.56 Å². The van der Waals surface area contributed by atoms with Crippen LogP contribution in [0.3, 0.4) is 0 Å². The molecule has 3 aromatic rings. The van der Waals surface area contributed by atoms with E-state index < -0.39 is 0 Å². The van der Waals surface area contributed by atoms with Crippen molar-refractivity contribution in [3.8, 4) is 0 Å². The van der Waals surface area contributed by atoms with Crippen LogP contribution in [0.2, 0.25) is 0 Å². The number of guanidine groups is 1. The second-order valence-electron chi connectivity index (χ2n) is 7.44. The Morgan fingerprint density at radius 2 is 1.77 bits per heavy atom. The topological polar surface area (TPSA) is 59.6 Å². The standard InChI is InChI=1S/C23H30N6.HI/c1-2-24-23(25-13-12-22-26-20-10-6-7-11-21(20)27-22)29-16-14-28(15-17-29)18-19-8-4-3-5-9-19;/h3-11H,2,12-18H2,1H3,(H,24,25)(H,26,27);1H. The number of H-pyrrole nitrogens is 1. The zero-order chi connectivity index (χ0) is 19.9. The highest BCUT2D eigenvalue weighted by molar-refractivity contribution is 14.0. The molecule has 160 valence electrons. The molecule has 0 atom stereocenters. The molecule has 30 heavy (non-hydrogen) atoms. The van der Waals surface area contributed by atoms with Crippen molar-refractivity contribution in [1.29, 1.82) is 0 Å². The molecule has 0 saturated carbocycles. The molecule has 2 aromatic carbocycles. The third-order valence-electron chi connectivity index (χ3n) is 5.30. The van der Waals surface area contributed by atoms with E-state index in [1.54, 1.807) is 0 Å². The maximum atomic E-state index is 4.86. The fourth-order valence-corrected chi connectivity index (χ4v) is 3.78. The Hall–Kier alpha value is -2.13. The Balaban J connectivity index is 0.00000256. The van der Waals surface area contributed by atoms with Gasteiger partial charge in [0.15, 0.2) is 5.96 Å². The summed E-state index contributed by atoms with van der Waals surface area (Å²) in [4.78, 5) is 17.8. The number of rotatable bonds is 6. The summed E-state index contributed by atoms with van der Waals surface area (Å²) < 4.78 is 0. The first-order valence-corrected chi connectivity index (χ1v) is 10.5. The smallest absolute Gasteiger partial charge is 0.194 e. The van der Waals surface area contributed by atoms with Crippen LogP contribution in [0.15, 0.2) is 59.6 Å². The number of hydrogen-bond donors (Lipinski definition) is 2. The monoisotopic (exact) mass is 518 g/mol. The number of aliphatic imine (C=N–C) groups is 1. The van der Waals surface area contributed by atoms with E-state index in [2.05, 4.69) is 68.4 Å². The van der Waals surface area contributed by atoms with E-state index in [1.807, 2.05) is 18.2 Å². The van der Waals surface area contributed by atoms with Crippen molar-refractivity contribution in [2.45, 2.75) is 19.9 Å². The lowest BCUT2D eigenvalue weighted by atomic mass is 10.2. The molecule has 0 radical (unpaired) electrons. The molecule has 1 aliphatic rings. The van der Waals surface area contributed by atoms with Gasteiger partial charge >= 0.3 is 0 Å². The molecular formula is C23H31IN6. The summed E-state index contributed by atoms with van der Waals surface area (Å²) in [6.07, 6.45) is 0.817. The zero-order valence-electron chi connectivity index (χ0n) is 17.6. The molecular weight excluding hydrogens is 487 g/mol. The molecule has 0 unspecified atom stereocenters. The number of para-hydroxylation sites is 2. The Labute approximate surface area is 195 Å². The summed E-state index contributed by atoms with van der Waals surface area (Å²) in [6, 6.07) is 18.9. The lowest BCUT2D eigenvalue weighted by Gasteiger charge is -2.36. The number of hydrogen-bond acceptors (Lipinski definition) is 3. The number of aromatic nitrogens is 2. The van der Waals surface area contributed by atoms with Gasteiger partial charge in [0, 0.05) is 52.2 Å². The van der Waals surface area contributed by atoms with Crippen molar-refractivity contribution in [2.75, 3.05) is 39.3 Å². The third-order valence-corrected chi connectivity index (χ3v) is 5.30. The van der Waals surface area contributed by atoms with Gasteiger partial charge in [-0.05, 0) is 24.6 Å². The van der Waals surface area contributed by atoms with E-state index in [4.69, 9.17) is 4.99 Å². The van der Waals surface area contributed by atoms with Gasteiger partial charge in [0.2, 0.25) is 0 Å². The Morgan fingerprint density at radius 3 is 2.50 bits per heavy atom. The van der Waals surface area contributed by atoms with Crippen molar-refractivity contribution in [3.63, 3.8) is 0 Å². The predicted molar refractivity (Wildman–Crippen MR) is 134 cm³/mol. The molecule has 6 nitrogen and oxygen atoms in total. The first-order valence-electron chi connectivity index (χ1n) is 10.5. The average molecular weight is 518 g/mol. The Bertz CT molecular complexity index is 898. The summed E-state index contributed by atoms with van der Waals surface area (Å²) >= 11 is 0. The van der Waals surface area contributed by atoms with Crippen LogP contribution in [0, 0.1) is 0 Å². The summed E-state index contributed by atoms with van der Waals surface area (Å²) in [5, 5.41) is 3.46. The third kappa shape index (κ3) is 5.95. The van der Waals surface area contributed by atoms with Crippen molar-refractivity contribution in [3.05, 3.63) is 66.0 Å². The molecule has 0 aliphatic carbocycles. The molecule has 1 fully saturated rings. The molecule has 4 rings (SSSR count). The van der Waals surface area contributed by atoms with Gasteiger partial charge in [0.1, 0.15) is 5.82 Å². The minimum absolute atomic E-state index is 0. The van der Waals surface area contributed by atoms with Gasteiger partial charge in [0.25, 0.3) is 0 Å². The number of aromatic amines is 1. The number of nitrogens with zero attached hydrogens (tertiary/aromatic N) is 4. The lowest BCUT2D eigenvalue weighted by molar-refractivity contribution is 0.172. The van der Waals surface area contributed by atoms with Crippen LogP contribution in [0.5, 0.6) is 0 Å². The van der Waals surface area contributed by atoms with Crippen LogP contribution in [-0.4, -0.2) is 65.0 Å². The molecule has 1 aromatic heterocycles. The summed E-state index contributed by atoms with van der Waals surface area (Å²) in [5.41, 5.74) is 3.49. The average Bonchev–Trinajstić information content (AvgIpc) is 3.17. The molecule has 1 saturated heterocycles. The van der Waals surface area contributed by atoms with Gasteiger partial charge in [-0.25, -0.2) is 4.98 Å². The van der Waals surface area contributed by atoms with E-state index in [0.29, 0.717) is 0 Å². The zero-order valence-corrected chi connectivity index (χ0v) is 19.9. The number of nitrogens with one attached hydrogen (secondary N) is 2. The second kappa shape index (κ2) is 11.3. The fourth-order valence-electron chi connectivity index (χ4n) is 3.78. The van der Waals surface area contributed by atoms with Gasteiger partial charge in [-0.1, -0.05) is 42.5 Å². The number of benzene rings is 2. The van der Waals surface area contributed by atoms with Crippen LogP contribution in [0.25, 0.3) is 11.0 Å². The highest BCUT2D eigenvalue weighted by Crippen LogP contribution is 2.11.